The molecule has 0 heterocycles. The van der Waals surface area contributed by atoms with Crippen molar-refractivity contribution in [3.63, 3.8) is 0 Å². The monoisotopic (exact) mass is 360 g/mol. The van der Waals surface area contributed by atoms with Gasteiger partial charge in [0.2, 0.25) is 11.8 Å². The lowest BCUT2D eigenvalue weighted by atomic mass is 9.90. The summed E-state index contributed by atoms with van der Waals surface area (Å²) in [4.78, 5) is 25.0. The third-order valence-electron chi connectivity index (χ3n) is 3.91. The van der Waals surface area contributed by atoms with Gasteiger partial charge in [-0.15, -0.1) is 0 Å². The summed E-state index contributed by atoms with van der Waals surface area (Å²) in [6.45, 7) is 5.01. The number of amides is 2. The highest BCUT2D eigenvalue weighted by Crippen LogP contribution is 2.25. The van der Waals surface area contributed by atoms with Gasteiger partial charge < -0.3 is 15.4 Å². The first-order chi connectivity index (χ1) is 11.7. The van der Waals surface area contributed by atoms with E-state index in [2.05, 4.69) is 10.6 Å². The first-order valence-electron chi connectivity index (χ1n) is 7.77. The van der Waals surface area contributed by atoms with E-state index in [1.54, 1.807) is 57.4 Å². The Morgan fingerprint density at radius 3 is 2.00 bits per heavy atom. The first kappa shape index (κ1) is 18.8. The average Bonchev–Trinajstić information content (AvgIpc) is 2.58. The van der Waals surface area contributed by atoms with Gasteiger partial charge in [-0.05, 0) is 62.7 Å². The van der Waals surface area contributed by atoms with E-state index < -0.39 is 17.2 Å². The van der Waals surface area contributed by atoms with Crippen LogP contribution in [0.2, 0.25) is 5.02 Å². The van der Waals surface area contributed by atoms with Crippen molar-refractivity contribution in [1.29, 1.82) is 0 Å². The Labute approximate surface area is 152 Å². The summed E-state index contributed by atoms with van der Waals surface area (Å²) in [6.07, 6.45) is 0. The number of hydrogen-bond acceptors (Lipinski definition) is 3. The van der Waals surface area contributed by atoms with E-state index in [1.165, 1.54) is 0 Å². The fourth-order valence-electron chi connectivity index (χ4n) is 2.02. The molecule has 0 bridgehead atoms. The highest BCUT2D eigenvalue weighted by Gasteiger charge is 2.36. The fraction of sp³-hybridized carbons (Fsp3) is 0.263. The van der Waals surface area contributed by atoms with Gasteiger partial charge in [0.05, 0.1) is 7.11 Å². The summed E-state index contributed by atoms with van der Waals surface area (Å²) < 4.78 is 5.08. The van der Waals surface area contributed by atoms with Crippen LogP contribution in [0, 0.1) is 12.3 Å². The molecule has 25 heavy (non-hydrogen) atoms. The predicted octanol–water partition coefficient (Wildman–Crippen LogP) is 4.26. The van der Waals surface area contributed by atoms with E-state index >= 15 is 0 Å². The third kappa shape index (κ3) is 4.51. The molecule has 0 aliphatic carbocycles. The Hall–Kier alpha value is -2.53. The number of rotatable bonds is 5. The number of hydrogen-bond donors (Lipinski definition) is 2. The average molecular weight is 361 g/mol. The zero-order chi connectivity index (χ0) is 18.6. The molecule has 2 rings (SSSR count). The van der Waals surface area contributed by atoms with Crippen molar-refractivity contribution in [3.05, 3.63) is 53.1 Å². The maximum atomic E-state index is 12.5. The van der Waals surface area contributed by atoms with Crippen LogP contribution in [0.3, 0.4) is 0 Å². The second-order valence-corrected chi connectivity index (χ2v) is 6.63. The molecule has 0 aromatic heterocycles. The molecule has 0 unspecified atom stereocenters. The van der Waals surface area contributed by atoms with E-state index in [4.69, 9.17) is 16.3 Å². The van der Waals surface area contributed by atoms with Crippen LogP contribution < -0.4 is 15.4 Å². The Bertz CT molecular complexity index is 786. The number of anilines is 2. The molecule has 2 N–H and O–H groups in total. The Morgan fingerprint density at radius 2 is 1.48 bits per heavy atom. The number of aryl methyl sites for hydroxylation is 1. The zero-order valence-electron chi connectivity index (χ0n) is 14.6. The van der Waals surface area contributed by atoms with Gasteiger partial charge in [0.25, 0.3) is 0 Å². The lowest BCUT2D eigenvalue weighted by Gasteiger charge is -2.23. The number of nitrogens with one attached hydrogen (secondary N) is 2. The Morgan fingerprint density at radius 1 is 0.960 bits per heavy atom. The molecule has 2 aromatic rings. The number of methoxy groups -OCH3 is 1. The van der Waals surface area contributed by atoms with Gasteiger partial charge in [-0.2, -0.15) is 0 Å². The Kier molecular flexibility index (Phi) is 5.69. The topological polar surface area (TPSA) is 67.4 Å². The summed E-state index contributed by atoms with van der Waals surface area (Å²) in [5.41, 5.74) is 0.782. The molecule has 2 amide bonds. The molecule has 6 heteroatoms. The van der Waals surface area contributed by atoms with Crippen LogP contribution in [0.4, 0.5) is 11.4 Å². The lowest BCUT2D eigenvalue weighted by Crippen LogP contribution is -2.41. The molecule has 2 aromatic carbocycles. The van der Waals surface area contributed by atoms with E-state index in [0.717, 1.165) is 5.56 Å². The fourth-order valence-corrected chi connectivity index (χ4v) is 2.20. The molecule has 0 fully saturated rings. The van der Waals surface area contributed by atoms with Gasteiger partial charge in [-0.25, -0.2) is 0 Å². The Balaban J connectivity index is 2.08. The van der Waals surface area contributed by atoms with Crippen molar-refractivity contribution in [2.45, 2.75) is 20.8 Å². The SMILES string of the molecule is COc1ccc(NC(=O)C(C)(C)C(=O)Nc2ccc(C)c(Cl)c2)cc1. The van der Waals surface area contributed by atoms with Crippen molar-refractivity contribution in [2.24, 2.45) is 5.41 Å². The number of halogens is 1. The van der Waals surface area contributed by atoms with Crippen molar-refractivity contribution < 1.29 is 14.3 Å². The van der Waals surface area contributed by atoms with Crippen LogP contribution in [0.15, 0.2) is 42.5 Å². The van der Waals surface area contributed by atoms with Crippen LogP contribution in [-0.4, -0.2) is 18.9 Å². The summed E-state index contributed by atoms with van der Waals surface area (Å²) in [5.74, 6) is -0.141. The number of benzene rings is 2. The van der Waals surface area contributed by atoms with Crippen molar-refractivity contribution in [2.75, 3.05) is 17.7 Å². The van der Waals surface area contributed by atoms with Crippen molar-refractivity contribution in [3.8, 4) is 5.75 Å². The maximum Gasteiger partial charge on any atom is 0.239 e. The quantitative estimate of drug-likeness (QED) is 0.783. The molecule has 0 radical (unpaired) electrons. The van der Waals surface area contributed by atoms with Gasteiger partial charge in [0.1, 0.15) is 11.2 Å². The summed E-state index contributed by atoms with van der Waals surface area (Å²) >= 11 is 6.07. The normalized spacial score (nSPS) is 10.9. The molecule has 5 nitrogen and oxygen atoms in total. The molecule has 0 atom stereocenters. The smallest absolute Gasteiger partial charge is 0.239 e. The lowest BCUT2D eigenvalue weighted by molar-refractivity contribution is -0.135. The minimum atomic E-state index is -1.27. The van der Waals surface area contributed by atoms with Crippen LogP contribution in [-0.2, 0) is 9.59 Å². The first-order valence-corrected chi connectivity index (χ1v) is 8.15. The van der Waals surface area contributed by atoms with E-state index in [9.17, 15) is 9.59 Å². The van der Waals surface area contributed by atoms with Crippen LogP contribution in [0.1, 0.15) is 19.4 Å². The van der Waals surface area contributed by atoms with E-state index in [1.807, 2.05) is 13.0 Å². The molecule has 0 saturated carbocycles. The van der Waals surface area contributed by atoms with Gasteiger partial charge >= 0.3 is 0 Å². The molecule has 132 valence electrons. The standard InChI is InChI=1S/C19H21ClN2O3/c1-12-5-6-14(11-16(12)20)22-18(24)19(2,3)17(23)21-13-7-9-15(25-4)10-8-13/h5-11H,1-4H3,(H,21,23)(H,22,24). The number of carbonyl (C=O) groups excluding carboxylic acids is 2. The minimum Gasteiger partial charge on any atom is -0.497 e. The van der Waals surface area contributed by atoms with Crippen LogP contribution in [0.25, 0.3) is 0 Å². The van der Waals surface area contributed by atoms with Gasteiger partial charge in [-0.3, -0.25) is 9.59 Å². The van der Waals surface area contributed by atoms with Crippen LogP contribution in [0.5, 0.6) is 5.75 Å². The van der Waals surface area contributed by atoms with Crippen LogP contribution >= 0.6 is 11.6 Å². The third-order valence-corrected chi connectivity index (χ3v) is 4.32. The molecule has 0 spiro atoms. The molecule has 0 saturated heterocycles. The number of ether oxygens (including phenoxy) is 1. The summed E-state index contributed by atoms with van der Waals surface area (Å²) in [5, 5.41) is 6.02. The highest BCUT2D eigenvalue weighted by molar-refractivity contribution is 6.31. The minimum absolute atomic E-state index is 0.409. The summed E-state index contributed by atoms with van der Waals surface area (Å²) in [7, 11) is 1.57. The second kappa shape index (κ2) is 7.57. The summed E-state index contributed by atoms with van der Waals surface area (Å²) in [6, 6.07) is 12.1. The zero-order valence-corrected chi connectivity index (χ0v) is 15.4. The molecule has 0 aliphatic rings. The van der Waals surface area contributed by atoms with Gasteiger partial charge in [-0.1, -0.05) is 17.7 Å². The van der Waals surface area contributed by atoms with E-state index in [-0.39, 0.29) is 0 Å². The maximum absolute atomic E-state index is 12.5. The second-order valence-electron chi connectivity index (χ2n) is 6.23. The van der Waals surface area contributed by atoms with Crippen molar-refractivity contribution >= 4 is 34.8 Å². The van der Waals surface area contributed by atoms with Crippen molar-refractivity contribution in [1.82, 2.24) is 0 Å². The molecule has 0 aliphatic heterocycles. The largest absolute Gasteiger partial charge is 0.497 e. The predicted molar refractivity (Wildman–Crippen MR) is 100 cm³/mol. The van der Waals surface area contributed by atoms with Gasteiger partial charge in [0, 0.05) is 16.4 Å². The highest BCUT2D eigenvalue weighted by atomic mass is 35.5. The number of carbonyl (C=O) groups is 2. The molecular weight excluding hydrogens is 340 g/mol. The van der Waals surface area contributed by atoms with E-state index in [0.29, 0.717) is 22.1 Å². The van der Waals surface area contributed by atoms with Gasteiger partial charge in [0.15, 0.2) is 0 Å². The molecular formula is C19H21ClN2O3.